The van der Waals surface area contributed by atoms with E-state index in [-0.39, 0.29) is 35.5 Å². The SMILES string of the molecule is CN=C(NCCc1c[nH]c2ccccc12)NCc1ccc(OCC(F)(F)F)c(OC)c1.I. The Morgan fingerprint density at radius 1 is 1.09 bits per heavy atom. The highest BCUT2D eigenvalue weighted by Crippen LogP contribution is 2.29. The van der Waals surface area contributed by atoms with Crippen molar-refractivity contribution in [1.82, 2.24) is 15.6 Å². The largest absolute Gasteiger partial charge is 0.493 e. The minimum atomic E-state index is -4.41. The third-order valence-corrected chi connectivity index (χ3v) is 4.66. The van der Waals surface area contributed by atoms with Gasteiger partial charge in [-0.05, 0) is 35.7 Å². The predicted molar refractivity (Wildman–Crippen MR) is 130 cm³/mol. The molecule has 0 saturated heterocycles. The van der Waals surface area contributed by atoms with Crippen LogP contribution in [0.2, 0.25) is 0 Å². The number of alkyl halides is 3. The molecule has 0 aliphatic heterocycles. The van der Waals surface area contributed by atoms with E-state index in [2.05, 4.69) is 26.7 Å². The van der Waals surface area contributed by atoms with Gasteiger partial charge in [0.1, 0.15) is 0 Å². The number of para-hydroxylation sites is 1. The minimum Gasteiger partial charge on any atom is -0.493 e. The fourth-order valence-electron chi connectivity index (χ4n) is 3.16. The molecule has 0 bridgehead atoms. The normalized spacial score (nSPS) is 11.7. The van der Waals surface area contributed by atoms with Crippen LogP contribution in [0.15, 0.2) is 53.7 Å². The van der Waals surface area contributed by atoms with Crippen molar-refractivity contribution in [3.63, 3.8) is 0 Å². The van der Waals surface area contributed by atoms with Crippen LogP contribution < -0.4 is 20.1 Å². The highest BCUT2D eigenvalue weighted by atomic mass is 127. The van der Waals surface area contributed by atoms with Gasteiger partial charge < -0.3 is 25.1 Å². The Balaban J connectivity index is 0.00000363. The number of nitrogens with zero attached hydrogens (tertiary/aromatic N) is 1. The summed E-state index contributed by atoms with van der Waals surface area (Å²) in [6.07, 6.45) is -1.57. The van der Waals surface area contributed by atoms with Gasteiger partial charge in [0, 0.05) is 37.2 Å². The molecule has 6 nitrogen and oxygen atoms in total. The molecule has 0 aliphatic rings. The molecule has 174 valence electrons. The highest BCUT2D eigenvalue weighted by molar-refractivity contribution is 14.0. The fraction of sp³-hybridized carbons (Fsp3) is 0.318. The Hall–Kier alpha value is -2.63. The van der Waals surface area contributed by atoms with Crippen LogP contribution in [0.1, 0.15) is 11.1 Å². The molecule has 0 radical (unpaired) electrons. The number of aromatic nitrogens is 1. The van der Waals surface area contributed by atoms with Crippen molar-refractivity contribution in [3.05, 3.63) is 59.8 Å². The molecular weight excluding hydrogens is 536 g/mol. The lowest BCUT2D eigenvalue weighted by Crippen LogP contribution is -2.37. The van der Waals surface area contributed by atoms with E-state index in [0.717, 1.165) is 17.5 Å². The Labute approximate surface area is 201 Å². The quantitative estimate of drug-likeness (QED) is 0.213. The summed E-state index contributed by atoms with van der Waals surface area (Å²) in [4.78, 5) is 7.47. The standard InChI is InChI=1S/C22H25F3N4O2.HI/c1-26-21(27-10-9-16-13-28-18-6-4-3-5-17(16)18)29-12-15-7-8-19(20(11-15)30-2)31-14-22(23,24)25;/h3-8,11,13,28H,9-10,12,14H2,1-2H3,(H2,26,27,29);1H. The molecule has 32 heavy (non-hydrogen) atoms. The maximum Gasteiger partial charge on any atom is 0.422 e. The lowest BCUT2D eigenvalue weighted by Gasteiger charge is -2.15. The molecule has 0 fully saturated rings. The van der Waals surface area contributed by atoms with E-state index in [4.69, 9.17) is 9.47 Å². The van der Waals surface area contributed by atoms with Crippen molar-refractivity contribution < 1.29 is 22.6 Å². The number of nitrogens with one attached hydrogen (secondary N) is 3. The first-order valence-electron chi connectivity index (χ1n) is 9.75. The molecule has 0 unspecified atom stereocenters. The van der Waals surface area contributed by atoms with Gasteiger partial charge in [-0.1, -0.05) is 24.3 Å². The second-order valence-electron chi connectivity index (χ2n) is 6.85. The van der Waals surface area contributed by atoms with E-state index in [1.165, 1.54) is 24.1 Å². The molecule has 10 heteroatoms. The van der Waals surface area contributed by atoms with Crippen LogP contribution in [-0.4, -0.2) is 44.4 Å². The minimum absolute atomic E-state index is 0. The number of rotatable bonds is 8. The van der Waals surface area contributed by atoms with Crippen molar-refractivity contribution in [3.8, 4) is 11.5 Å². The summed E-state index contributed by atoms with van der Waals surface area (Å²) in [5, 5.41) is 7.65. The van der Waals surface area contributed by atoms with E-state index in [1.54, 1.807) is 19.2 Å². The van der Waals surface area contributed by atoms with E-state index in [9.17, 15) is 13.2 Å². The summed E-state index contributed by atoms with van der Waals surface area (Å²) in [6.45, 7) is -0.258. The van der Waals surface area contributed by atoms with Gasteiger partial charge in [0.25, 0.3) is 0 Å². The average Bonchev–Trinajstić information content (AvgIpc) is 3.17. The zero-order valence-corrected chi connectivity index (χ0v) is 20.1. The van der Waals surface area contributed by atoms with Gasteiger partial charge in [0.2, 0.25) is 0 Å². The number of methoxy groups -OCH3 is 1. The second-order valence-corrected chi connectivity index (χ2v) is 6.85. The molecule has 1 heterocycles. The fourth-order valence-corrected chi connectivity index (χ4v) is 3.16. The van der Waals surface area contributed by atoms with Crippen molar-refractivity contribution in [1.29, 1.82) is 0 Å². The number of benzene rings is 2. The number of ether oxygens (including phenoxy) is 2. The van der Waals surface area contributed by atoms with Gasteiger partial charge in [0.05, 0.1) is 7.11 Å². The van der Waals surface area contributed by atoms with Gasteiger partial charge in [-0.15, -0.1) is 24.0 Å². The van der Waals surface area contributed by atoms with Gasteiger partial charge in [0.15, 0.2) is 24.1 Å². The number of aromatic amines is 1. The summed E-state index contributed by atoms with van der Waals surface area (Å²) in [5.41, 5.74) is 3.14. The summed E-state index contributed by atoms with van der Waals surface area (Å²) >= 11 is 0. The number of guanidine groups is 1. The predicted octanol–water partition coefficient (Wildman–Crippen LogP) is 4.64. The Bertz CT molecular complexity index is 1040. The number of hydrogen-bond donors (Lipinski definition) is 3. The molecule has 3 N–H and O–H groups in total. The molecular formula is C22H26F3IN4O2. The Kier molecular flexibility index (Phi) is 9.48. The lowest BCUT2D eigenvalue weighted by molar-refractivity contribution is -0.153. The smallest absolute Gasteiger partial charge is 0.422 e. The molecule has 2 aromatic carbocycles. The summed E-state index contributed by atoms with van der Waals surface area (Å²) in [5.74, 6) is 0.909. The number of halogens is 4. The van der Waals surface area contributed by atoms with Crippen molar-refractivity contribution in [2.75, 3.05) is 27.3 Å². The van der Waals surface area contributed by atoms with Crippen LogP contribution in [0.25, 0.3) is 10.9 Å². The molecule has 0 saturated carbocycles. The third-order valence-electron chi connectivity index (χ3n) is 4.66. The van der Waals surface area contributed by atoms with Crippen LogP contribution in [0.4, 0.5) is 13.2 Å². The number of fused-ring (bicyclic) bond motifs is 1. The monoisotopic (exact) mass is 562 g/mol. The van der Waals surface area contributed by atoms with E-state index >= 15 is 0 Å². The maximum absolute atomic E-state index is 12.4. The summed E-state index contributed by atoms with van der Waals surface area (Å²) < 4.78 is 47.1. The summed E-state index contributed by atoms with van der Waals surface area (Å²) in [6, 6.07) is 12.9. The van der Waals surface area contributed by atoms with Crippen LogP contribution in [0.3, 0.4) is 0 Å². The molecule has 1 aromatic heterocycles. The Morgan fingerprint density at radius 2 is 1.88 bits per heavy atom. The number of hydrogen-bond acceptors (Lipinski definition) is 3. The lowest BCUT2D eigenvalue weighted by atomic mass is 10.1. The van der Waals surface area contributed by atoms with Crippen molar-refractivity contribution in [2.45, 2.75) is 19.1 Å². The van der Waals surface area contributed by atoms with Crippen molar-refractivity contribution >= 4 is 40.8 Å². The second kappa shape index (κ2) is 11.8. The molecule has 0 aliphatic carbocycles. The van der Waals surface area contributed by atoms with Crippen LogP contribution in [0, 0.1) is 0 Å². The Morgan fingerprint density at radius 3 is 2.59 bits per heavy atom. The molecule has 0 spiro atoms. The average molecular weight is 562 g/mol. The first-order valence-corrected chi connectivity index (χ1v) is 9.75. The summed E-state index contributed by atoms with van der Waals surface area (Å²) in [7, 11) is 3.06. The van der Waals surface area contributed by atoms with Gasteiger partial charge in [-0.3, -0.25) is 4.99 Å². The van der Waals surface area contributed by atoms with Gasteiger partial charge in [-0.25, -0.2) is 0 Å². The first kappa shape index (κ1) is 25.6. The van der Waals surface area contributed by atoms with E-state index in [1.807, 2.05) is 24.4 Å². The zero-order chi connectivity index (χ0) is 22.3. The number of H-pyrrole nitrogens is 1. The third kappa shape index (κ3) is 7.21. The molecule has 3 aromatic rings. The number of aliphatic imine (C=N–C) groups is 1. The topological polar surface area (TPSA) is 70.7 Å². The molecule has 0 amide bonds. The van der Waals surface area contributed by atoms with Gasteiger partial charge >= 0.3 is 6.18 Å². The van der Waals surface area contributed by atoms with Gasteiger partial charge in [-0.2, -0.15) is 13.2 Å². The highest BCUT2D eigenvalue weighted by Gasteiger charge is 2.29. The first-order chi connectivity index (χ1) is 14.9. The zero-order valence-electron chi connectivity index (χ0n) is 17.8. The van der Waals surface area contributed by atoms with Crippen LogP contribution in [0.5, 0.6) is 11.5 Å². The van der Waals surface area contributed by atoms with Crippen LogP contribution in [-0.2, 0) is 13.0 Å². The van der Waals surface area contributed by atoms with E-state index < -0.39 is 12.8 Å². The van der Waals surface area contributed by atoms with Crippen LogP contribution >= 0.6 is 24.0 Å². The molecule has 3 rings (SSSR count). The van der Waals surface area contributed by atoms with Crippen molar-refractivity contribution in [2.24, 2.45) is 4.99 Å². The molecule has 0 atom stereocenters. The maximum atomic E-state index is 12.4. The van der Waals surface area contributed by atoms with E-state index in [0.29, 0.717) is 19.0 Å².